The minimum absolute atomic E-state index is 0.0167. The Labute approximate surface area is 169 Å². The van der Waals surface area contributed by atoms with Gasteiger partial charge >= 0.3 is 5.97 Å². The van der Waals surface area contributed by atoms with Crippen molar-refractivity contribution >= 4 is 11.9 Å². The summed E-state index contributed by atoms with van der Waals surface area (Å²) in [6.07, 6.45) is 1.90. The highest BCUT2D eigenvalue weighted by atomic mass is 16.7. The largest absolute Gasteiger partial charge is 0.481 e. The monoisotopic (exact) mass is 400 g/mol. The Morgan fingerprint density at radius 2 is 1.97 bits per heavy atom. The van der Waals surface area contributed by atoms with Gasteiger partial charge < -0.3 is 24.8 Å². The Hall–Kier alpha value is -3.25. The molecule has 9 nitrogen and oxygen atoms in total. The molecule has 0 unspecified atom stereocenters. The Kier molecular flexibility index (Phi) is 6.92. The number of hydrogen-bond donors (Lipinski definition) is 2. The van der Waals surface area contributed by atoms with Gasteiger partial charge in [0.1, 0.15) is 11.6 Å². The highest BCUT2D eigenvalue weighted by Crippen LogP contribution is 2.32. The van der Waals surface area contributed by atoms with Crippen LogP contribution in [-0.2, 0) is 16.1 Å². The molecule has 154 valence electrons. The van der Waals surface area contributed by atoms with Crippen LogP contribution in [0, 0.1) is 11.3 Å². The molecule has 1 aromatic carbocycles. The van der Waals surface area contributed by atoms with Crippen molar-refractivity contribution in [1.82, 2.24) is 15.1 Å². The van der Waals surface area contributed by atoms with Gasteiger partial charge in [0.05, 0.1) is 0 Å². The number of ether oxygens (including phenoxy) is 2. The van der Waals surface area contributed by atoms with Gasteiger partial charge in [0.15, 0.2) is 11.5 Å². The molecule has 0 atom stereocenters. The summed E-state index contributed by atoms with van der Waals surface area (Å²) >= 11 is 0. The summed E-state index contributed by atoms with van der Waals surface area (Å²) < 4.78 is 10.7. The first-order chi connectivity index (χ1) is 14.0. The van der Waals surface area contributed by atoms with E-state index in [-0.39, 0.29) is 25.3 Å². The minimum Gasteiger partial charge on any atom is -0.481 e. The zero-order chi connectivity index (χ0) is 20.6. The molecular formula is C20H24N4O5. The van der Waals surface area contributed by atoms with Crippen LogP contribution in [0.4, 0.5) is 0 Å². The van der Waals surface area contributed by atoms with Crippen LogP contribution in [0.15, 0.2) is 30.0 Å². The lowest BCUT2D eigenvalue weighted by molar-refractivity contribution is -0.137. The predicted molar refractivity (Wildman–Crippen MR) is 103 cm³/mol. The maximum Gasteiger partial charge on any atom is 0.303 e. The third-order valence-corrected chi connectivity index (χ3v) is 4.78. The molecule has 0 saturated carbocycles. The van der Waals surface area contributed by atoms with E-state index in [1.54, 1.807) is 6.20 Å². The fourth-order valence-corrected chi connectivity index (χ4v) is 3.21. The quantitative estimate of drug-likeness (QED) is 0.376. The second-order valence-corrected chi connectivity index (χ2v) is 6.91. The van der Waals surface area contributed by atoms with E-state index in [0.29, 0.717) is 19.5 Å². The SMILES string of the molecule is N#C/C(=C/N1CCN(Cc2ccc3c(c2)OCO3)CC1)C(=O)NCCCC(=O)O. The third-order valence-electron chi connectivity index (χ3n) is 4.78. The molecule has 0 aliphatic carbocycles. The van der Waals surface area contributed by atoms with Gasteiger partial charge in [0.25, 0.3) is 5.91 Å². The summed E-state index contributed by atoms with van der Waals surface area (Å²) in [4.78, 5) is 26.8. The van der Waals surface area contributed by atoms with Gasteiger partial charge in [-0.05, 0) is 24.1 Å². The van der Waals surface area contributed by atoms with Crippen molar-refractivity contribution in [3.05, 3.63) is 35.5 Å². The molecule has 0 aromatic heterocycles. The van der Waals surface area contributed by atoms with E-state index in [1.807, 2.05) is 29.2 Å². The van der Waals surface area contributed by atoms with Crippen LogP contribution in [0.3, 0.4) is 0 Å². The van der Waals surface area contributed by atoms with Crippen molar-refractivity contribution in [3.63, 3.8) is 0 Å². The van der Waals surface area contributed by atoms with E-state index in [2.05, 4.69) is 10.2 Å². The summed E-state index contributed by atoms with van der Waals surface area (Å²) in [6, 6.07) is 7.87. The first-order valence-corrected chi connectivity index (χ1v) is 9.52. The van der Waals surface area contributed by atoms with Gasteiger partial charge in [-0.25, -0.2) is 0 Å². The van der Waals surface area contributed by atoms with E-state index in [9.17, 15) is 14.9 Å². The normalized spacial score (nSPS) is 16.4. The topological polar surface area (TPSA) is 115 Å². The summed E-state index contributed by atoms with van der Waals surface area (Å²) in [5, 5.41) is 20.5. The number of carbonyl (C=O) groups excluding carboxylic acids is 1. The zero-order valence-corrected chi connectivity index (χ0v) is 16.1. The maximum atomic E-state index is 12.1. The zero-order valence-electron chi connectivity index (χ0n) is 16.1. The van der Waals surface area contributed by atoms with Crippen LogP contribution < -0.4 is 14.8 Å². The molecule has 3 rings (SSSR count). The average molecular weight is 400 g/mol. The number of carboxylic acids is 1. The van der Waals surface area contributed by atoms with Crippen molar-refractivity contribution in [2.75, 3.05) is 39.5 Å². The molecule has 2 aliphatic heterocycles. The minimum atomic E-state index is -0.908. The summed E-state index contributed by atoms with van der Waals surface area (Å²) in [5.41, 5.74) is 1.18. The van der Waals surface area contributed by atoms with Crippen molar-refractivity contribution in [3.8, 4) is 17.6 Å². The molecule has 0 bridgehead atoms. The van der Waals surface area contributed by atoms with Crippen molar-refractivity contribution in [2.45, 2.75) is 19.4 Å². The molecule has 1 amide bonds. The number of piperazine rings is 1. The Morgan fingerprint density at radius 3 is 2.69 bits per heavy atom. The number of carbonyl (C=O) groups is 2. The number of carboxylic acid groups (broad SMARTS) is 1. The fourth-order valence-electron chi connectivity index (χ4n) is 3.21. The van der Waals surface area contributed by atoms with E-state index in [0.717, 1.165) is 36.7 Å². The second kappa shape index (κ2) is 9.80. The highest BCUT2D eigenvalue weighted by Gasteiger charge is 2.19. The van der Waals surface area contributed by atoms with Gasteiger partial charge in [0, 0.05) is 51.9 Å². The number of rotatable bonds is 8. The first kappa shape index (κ1) is 20.5. The molecule has 0 spiro atoms. The van der Waals surface area contributed by atoms with E-state index < -0.39 is 11.9 Å². The first-order valence-electron chi connectivity index (χ1n) is 9.52. The van der Waals surface area contributed by atoms with Crippen LogP contribution in [0.1, 0.15) is 18.4 Å². The number of nitriles is 1. The van der Waals surface area contributed by atoms with Crippen LogP contribution in [-0.4, -0.2) is 66.3 Å². The number of amides is 1. The molecule has 2 aliphatic rings. The Balaban J connectivity index is 1.45. The number of benzene rings is 1. The Bertz CT molecular complexity index is 825. The lowest BCUT2D eigenvalue weighted by atomic mass is 10.1. The van der Waals surface area contributed by atoms with Crippen molar-refractivity contribution in [1.29, 1.82) is 5.26 Å². The lowest BCUT2D eigenvalue weighted by Crippen LogP contribution is -2.44. The molecule has 1 saturated heterocycles. The van der Waals surface area contributed by atoms with Gasteiger partial charge in [-0.15, -0.1) is 0 Å². The smallest absolute Gasteiger partial charge is 0.303 e. The summed E-state index contributed by atoms with van der Waals surface area (Å²) in [7, 11) is 0. The standard InChI is InChI=1S/C20H24N4O5/c21-11-16(20(27)22-5-1-2-19(25)26)13-24-8-6-23(7-9-24)12-15-3-4-17-18(10-15)29-14-28-17/h3-4,10,13H,1-2,5-9,12,14H2,(H,22,27)(H,25,26)/b16-13-. The summed E-state index contributed by atoms with van der Waals surface area (Å²) in [5.74, 6) is 0.167. The molecule has 2 heterocycles. The summed E-state index contributed by atoms with van der Waals surface area (Å²) in [6.45, 7) is 4.33. The number of fused-ring (bicyclic) bond motifs is 1. The fraction of sp³-hybridized carbons (Fsp3) is 0.450. The molecule has 2 N–H and O–H groups in total. The molecular weight excluding hydrogens is 376 g/mol. The van der Waals surface area contributed by atoms with Gasteiger partial charge in [-0.2, -0.15) is 5.26 Å². The van der Waals surface area contributed by atoms with Crippen molar-refractivity contribution < 1.29 is 24.2 Å². The highest BCUT2D eigenvalue weighted by molar-refractivity contribution is 5.97. The number of aliphatic carboxylic acids is 1. The number of nitrogens with one attached hydrogen (secondary N) is 1. The molecule has 1 aromatic rings. The molecule has 1 fully saturated rings. The van der Waals surface area contributed by atoms with Crippen LogP contribution in [0.25, 0.3) is 0 Å². The third kappa shape index (κ3) is 5.86. The predicted octanol–water partition coefficient (Wildman–Crippen LogP) is 0.921. The van der Waals surface area contributed by atoms with Crippen molar-refractivity contribution in [2.24, 2.45) is 0 Å². The van der Waals surface area contributed by atoms with Crippen LogP contribution >= 0.6 is 0 Å². The van der Waals surface area contributed by atoms with Crippen LogP contribution in [0.5, 0.6) is 11.5 Å². The van der Waals surface area contributed by atoms with Crippen LogP contribution in [0.2, 0.25) is 0 Å². The number of hydrogen-bond acceptors (Lipinski definition) is 7. The van der Waals surface area contributed by atoms with Gasteiger partial charge in [0.2, 0.25) is 6.79 Å². The number of nitrogens with zero attached hydrogens (tertiary/aromatic N) is 3. The lowest BCUT2D eigenvalue weighted by Gasteiger charge is -2.34. The second-order valence-electron chi connectivity index (χ2n) is 6.91. The molecule has 0 radical (unpaired) electrons. The molecule has 9 heteroatoms. The Morgan fingerprint density at radius 1 is 1.21 bits per heavy atom. The van der Waals surface area contributed by atoms with E-state index >= 15 is 0 Å². The molecule has 29 heavy (non-hydrogen) atoms. The van der Waals surface area contributed by atoms with E-state index in [4.69, 9.17) is 14.6 Å². The van der Waals surface area contributed by atoms with Gasteiger partial charge in [-0.1, -0.05) is 6.07 Å². The maximum absolute atomic E-state index is 12.1. The average Bonchev–Trinajstić information content (AvgIpc) is 3.18. The van der Waals surface area contributed by atoms with Gasteiger partial charge in [-0.3, -0.25) is 14.5 Å². The van der Waals surface area contributed by atoms with E-state index in [1.165, 1.54) is 0 Å².